The third kappa shape index (κ3) is 2.51. The van der Waals surface area contributed by atoms with E-state index in [1.807, 2.05) is 6.07 Å². The number of rotatable bonds is 3. The van der Waals surface area contributed by atoms with Crippen LogP contribution in [0, 0.1) is 0 Å². The van der Waals surface area contributed by atoms with Crippen molar-refractivity contribution in [2.45, 2.75) is 37.6 Å². The van der Waals surface area contributed by atoms with Crippen LogP contribution in [-0.2, 0) is 16.0 Å². The van der Waals surface area contributed by atoms with Gasteiger partial charge in [0.2, 0.25) is 0 Å². The molecule has 22 heavy (non-hydrogen) atoms. The zero-order valence-electron chi connectivity index (χ0n) is 12.9. The average Bonchev–Trinajstić information content (AvgIpc) is 2.99. The SMILES string of the molecule is CO[C@H]1CC[C@H]2[C@H]1OCCN2Cc1ccc2ccccc2n1. The molecule has 4 nitrogen and oxygen atoms in total. The second-order valence-electron chi connectivity index (χ2n) is 6.22. The van der Waals surface area contributed by atoms with E-state index in [4.69, 9.17) is 14.5 Å². The molecule has 1 saturated carbocycles. The van der Waals surface area contributed by atoms with Crippen molar-refractivity contribution in [2.75, 3.05) is 20.3 Å². The lowest BCUT2D eigenvalue weighted by atomic mass is 10.1. The molecule has 1 aromatic carbocycles. The predicted molar refractivity (Wildman–Crippen MR) is 85.7 cm³/mol. The minimum atomic E-state index is 0.221. The van der Waals surface area contributed by atoms with E-state index in [-0.39, 0.29) is 12.2 Å². The van der Waals surface area contributed by atoms with Gasteiger partial charge < -0.3 is 9.47 Å². The van der Waals surface area contributed by atoms with Crippen LogP contribution in [0.5, 0.6) is 0 Å². The van der Waals surface area contributed by atoms with E-state index in [0.29, 0.717) is 6.04 Å². The minimum absolute atomic E-state index is 0.221. The average molecular weight is 298 g/mol. The Balaban J connectivity index is 1.54. The fourth-order valence-corrected chi connectivity index (χ4v) is 3.84. The predicted octanol–water partition coefficient (Wildman–Crippen LogP) is 2.61. The molecule has 4 rings (SSSR count). The van der Waals surface area contributed by atoms with Crippen molar-refractivity contribution in [3.63, 3.8) is 0 Å². The van der Waals surface area contributed by atoms with Crippen LogP contribution in [0.15, 0.2) is 36.4 Å². The molecule has 2 fully saturated rings. The molecule has 0 N–H and O–H groups in total. The standard InChI is InChI=1S/C18H22N2O2/c1-21-17-9-8-16-18(17)22-11-10-20(16)12-14-7-6-13-4-2-3-5-15(13)19-14/h2-7,16-18H,8-12H2,1H3/t16-,17-,18+/m0/s1. The van der Waals surface area contributed by atoms with E-state index < -0.39 is 0 Å². The number of morpholine rings is 1. The Labute approximate surface area is 131 Å². The van der Waals surface area contributed by atoms with Crippen molar-refractivity contribution in [1.29, 1.82) is 0 Å². The van der Waals surface area contributed by atoms with Gasteiger partial charge in [-0.25, -0.2) is 0 Å². The summed E-state index contributed by atoms with van der Waals surface area (Å²) < 4.78 is 11.5. The normalized spacial score (nSPS) is 28.9. The summed E-state index contributed by atoms with van der Waals surface area (Å²) in [6, 6.07) is 13.1. The Morgan fingerprint density at radius 2 is 2.14 bits per heavy atom. The Bertz CT molecular complexity index is 660. The molecule has 0 bridgehead atoms. The highest BCUT2D eigenvalue weighted by Gasteiger charge is 2.42. The van der Waals surface area contributed by atoms with Crippen LogP contribution in [0.25, 0.3) is 10.9 Å². The van der Waals surface area contributed by atoms with E-state index >= 15 is 0 Å². The van der Waals surface area contributed by atoms with Crippen LogP contribution in [0.1, 0.15) is 18.5 Å². The molecule has 0 spiro atoms. The smallest absolute Gasteiger partial charge is 0.0991 e. The van der Waals surface area contributed by atoms with Gasteiger partial charge in [-0.1, -0.05) is 24.3 Å². The van der Waals surface area contributed by atoms with Gasteiger partial charge in [-0.15, -0.1) is 0 Å². The summed E-state index contributed by atoms with van der Waals surface area (Å²) in [5, 5.41) is 1.20. The molecule has 4 heteroatoms. The zero-order valence-corrected chi connectivity index (χ0v) is 12.9. The number of pyridine rings is 1. The lowest BCUT2D eigenvalue weighted by Crippen LogP contribution is -2.51. The molecule has 0 unspecified atom stereocenters. The molecule has 1 aromatic heterocycles. The van der Waals surface area contributed by atoms with Gasteiger partial charge in [0.1, 0.15) is 0 Å². The summed E-state index contributed by atoms with van der Waals surface area (Å²) in [5.41, 5.74) is 2.21. The van der Waals surface area contributed by atoms with Gasteiger partial charge in [0, 0.05) is 31.6 Å². The highest BCUT2D eigenvalue weighted by molar-refractivity contribution is 5.78. The fraction of sp³-hybridized carbons (Fsp3) is 0.500. The topological polar surface area (TPSA) is 34.6 Å². The molecular formula is C18H22N2O2. The molecule has 2 aromatic rings. The Morgan fingerprint density at radius 3 is 3.05 bits per heavy atom. The number of benzene rings is 1. The van der Waals surface area contributed by atoms with Crippen LogP contribution in [0.2, 0.25) is 0 Å². The van der Waals surface area contributed by atoms with Crippen LogP contribution < -0.4 is 0 Å². The van der Waals surface area contributed by atoms with Crippen molar-refractivity contribution in [3.8, 4) is 0 Å². The van der Waals surface area contributed by atoms with Crippen molar-refractivity contribution >= 4 is 10.9 Å². The monoisotopic (exact) mass is 298 g/mol. The number of para-hydroxylation sites is 1. The maximum atomic E-state index is 5.96. The number of ether oxygens (including phenoxy) is 2. The Hall–Kier alpha value is -1.49. The van der Waals surface area contributed by atoms with Gasteiger partial charge in [0.15, 0.2) is 0 Å². The highest BCUT2D eigenvalue weighted by atomic mass is 16.5. The van der Waals surface area contributed by atoms with Crippen molar-refractivity contribution in [3.05, 3.63) is 42.1 Å². The molecule has 0 amide bonds. The maximum Gasteiger partial charge on any atom is 0.0991 e. The number of fused-ring (bicyclic) bond motifs is 2. The van der Waals surface area contributed by atoms with E-state index in [1.165, 1.54) is 5.39 Å². The van der Waals surface area contributed by atoms with E-state index in [1.54, 1.807) is 7.11 Å². The summed E-state index contributed by atoms with van der Waals surface area (Å²) >= 11 is 0. The first-order chi connectivity index (χ1) is 10.8. The third-order valence-corrected chi connectivity index (χ3v) is 4.97. The first-order valence-electron chi connectivity index (χ1n) is 8.08. The lowest BCUT2D eigenvalue weighted by Gasteiger charge is -2.38. The number of methoxy groups -OCH3 is 1. The van der Waals surface area contributed by atoms with E-state index in [0.717, 1.165) is 43.7 Å². The second-order valence-corrected chi connectivity index (χ2v) is 6.22. The zero-order chi connectivity index (χ0) is 14.9. The van der Waals surface area contributed by atoms with Gasteiger partial charge >= 0.3 is 0 Å². The number of aromatic nitrogens is 1. The van der Waals surface area contributed by atoms with Crippen LogP contribution in [0.3, 0.4) is 0 Å². The highest BCUT2D eigenvalue weighted by Crippen LogP contribution is 2.32. The van der Waals surface area contributed by atoms with Crippen molar-refractivity contribution in [2.24, 2.45) is 0 Å². The van der Waals surface area contributed by atoms with Crippen molar-refractivity contribution < 1.29 is 9.47 Å². The second kappa shape index (κ2) is 5.95. The lowest BCUT2D eigenvalue weighted by molar-refractivity contribution is -0.106. The quantitative estimate of drug-likeness (QED) is 0.872. The molecule has 0 radical (unpaired) electrons. The van der Waals surface area contributed by atoms with Crippen molar-refractivity contribution in [1.82, 2.24) is 9.88 Å². The number of hydrogen-bond acceptors (Lipinski definition) is 4. The number of hydrogen-bond donors (Lipinski definition) is 0. The largest absolute Gasteiger partial charge is 0.379 e. The summed E-state index contributed by atoms with van der Waals surface area (Å²) in [5.74, 6) is 0. The molecular weight excluding hydrogens is 276 g/mol. The molecule has 116 valence electrons. The van der Waals surface area contributed by atoms with Gasteiger partial charge in [-0.3, -0.25) is 9.88 Å². The molecule has 3 atom stereocenters. The molecule has 1 aliphatic carbocycles. The first kappa shape index (κ1) is 14.1. The van der Waals surface area contributed by atoms with Gasteiger partial charge in [-0.2, -0.15) is 0 Å². The van der Waals surface area contributed by atoms with Gasteiger partial charge in [-0.05, 0) is 25.0 Å². The fourth-order valence-electron chi connectivity index (χ4n) is 3.84. The summed E-state index contributed by atoms with van der Waals surface area (Å²) in [4.78, 5) is 7.33. The Kier molecular flexibility index (Phi) is 3.82. The number of nitrogens with zero attached hydrogens (tertiary/aromatic N) is 2. The summed E-state index contributed by atoms with van der Waals surface area (Å²) in [7, 11) is 1.79. The molecule has 2 aliphatic rings. The maximum absolute atomic E-state index is 5.96. The van der Waals surface area contributed by atoms with Gasteiger partial charge in [0.25, 0.3) is 0 Å². The van der Waals surface area contributed by atoms with Crippen LogP contribution >= 0.6 is 0 Å². The minimum Gasteiger partial charge on any atom is -0.379 e. The van der Waals surface area contributed by atoms with Crippen LogP contribution in [0.4, 0.5) is 0 Å². The molecule has 2 heterocycles. The molecule has 1 aliphatic heterocycles. The third-order valence-electron chi connectivity index (χ3n) is 4.97. The molecule has 1 saturated heterocycles. The first-order valence-corrected chi connectivity index (χ1v) is 8.08. The summed E-state index contributed by atoms with van der Waals surface area (Å²) in [6.07, 6.45) is 2.71. The van der Waals surface area contributed by atoms with Crippen LogP contribution in [-0.4, -0.2) is 48.4 Å². The van der Waals surface area contributed by atoms with Gasteiger partial charge in [0.05, 0.1) is 30.0 Å². The Morgan fingerprint density at radius 1 is 1.23 bits per heavy atom. The van der Waals surface area contributed by atoms with E-state index in [2.05, 4.69) is 35.2 Å². The summed E-state index contributed by atoms with van der Waals surface area (Å²) in [6.45, 7) is 2.66. The van der Waals surface area contributed by atoms with E-state index in [9.17, 15) is 0 Å².